The SMILES string of the molecule is CCN(Cc1cc(O)c2c(c1Cl)C[C@H]1C[C@H]3[C@H](N(C)C)C(=O)C(C(N)=O)=C(O)[C@@]3(O)C(=O)C1=C2O)CC1(CC)CCC1. The summed E-state index contributed by atoms with van der Waals surface area (Å²) in [6, 6.07) is 0.378. The Morgan fingerprint density at radius 1 is 1.17 bits per heavy atom. The van der Waals surface area contributed by atoms with Crippen molar-refractivity contribution in [3.8, 4) is 5.75 Å². The van der Waals surface area contributed by atoms with E-state index in [4.69, 9.17) is 17.3 Å². The summed E-state index contributed by atoms with van der Waals surface area (Å²) >= 11 is 6.96. The number of aliphatic hydroxyl groups is 3. The molecule has 42 heavy (non-hydrogen) atoms. The quantitative estimate of drug-likeness (QED) is 0.282. The number of hydrogen-bond donors (Lipinski definition) is 5. The number of aliphatic hydroxyl groups excluding tert-OH is 2. The van der Waals surface area contributed by atoms with E-state index in [1.807, 2.05) is 0 Å². The van der Waals surface area contributed by atoms with Crippen LogP contribution in [0.1, 0.15) is 62.6 Å². The van der Waals surface area contributed by atoms with E-state index in [0.717, 1.165) is 19.5 Å². The molecule has 1 amide bonds. The number of nitrogens with two attached hydrogens (primary N) is 1. The third kappa shape index (κ3) is 4.37. The molecule has 6 N–H and O–H groups in total. The van der Waals surface area contributed by atoms with Crippen molar-refractivity contribution in [1.82, 2.24) is 9.80 Å². The summed E-state index contributed by atoms with van der Waals surface area (Å²) in [6.07, 6.45) is 4.89. The number of ketones is 2. The van der Waals surface area contributed by atoms with Gasteiger partial charge in [-0.1, -0.05) is 31.9 Å². The Morgan fingerprint density at radius 2 is 1.83 bits per heavy atom. The second kappa shape index (κ2) is 10.7. The van der Waals surface area contributed by atoms with Crippen LogP contribution in [0.2, 0.25) is 5.02 Å². The molecule has 228 valence electrons. The molecule has 2 saturated carbocycles. The first-order chi connectivity index (χ1) is 19.7. The maximum atomic E-state index is 14.0. The summed E-state index contributed by atoms with van der Waals surface area (Å²) in [6.45, 7) is 6.53. The van der Waals surface area contributed by atoms with Crippen LogP contribution in [0.15, 0.2) is 23.0 Å². The van der Waals surface area contributed by atoms with Crippen LogP contribution in [0.3, 0.4) is 0 Å². The van der Waals surface area contributed by atoms with E-state index in [2.05, 4.69) is 18.7 Å². The van der Waals surface area contributed by atoms with Crippen molar-refractivity contribution < 1.29 is 34.8 Å². The number of Topliss-reactive ketones (excluding diaryl/α,β-unsaturated/α-hetero) is 2. The predicted molar refractivity (Wildman–Crippen MR) is 157 cm³/mol. The minimum absolute atomic E-state index is 0.00658. The number of nitrogens with zero attached hydrogens (tertiary/aromatic N) is 2. The second-order valence-electron chi connectivity index (χ2n) is 12.7. The number of rotatable bonds is 8. The predicted octanol–water partition coefficient (Wildman–Crippen LogP) is 3.02. The maximum absolute atomic E-state index is 14.0. The summed E-state index contributed by atoms with van der Waals surface area (Å²) in [7, 11) is 3.14. The van der Waals surface area contributed by atoms with Crippen LogP contribution in [0, 0.1) is 17.3 Å². The molecule has 2 fully saturated rings. The number of benzene rings is 1. The molecule has 0 bridgehead atoms. The van der Waals surface area contributed by atoms with Crippen molar-refractivity contribution in [2.75, 3.05) is 27.2 Å². The van der Waals surface area contributed by atoms with E-state index < -0.39 is 58.0 Å². The summed E-state index contributed by atoms with van der Waals surface area (Å²) in [5.74, 6) is -6.77. The van der Waals surface area contributed by atoms with Crippen LogP contribution in [0.25, 0.3) is 5.76 Å². The fourth-order valence-electron chi connectivity index (χ4n) is 7.76. The van der Waals surface area contributed by atoms with Gasteiger partial charge in [-0.25, -0.2) is 0 Å². The summed E-state index contributed by atoms with van der Waals surface area (Å²) < 4.78 is 0. The van der Waals surface area contributed by atoms with Crippen LogP contribution >= 0.6 is 11.6 Å². The Bertz CT molecular complexity index is 1420. The van der Waals surface area contributed by atoms with Gasteiger partial charge in [-0.05, 0) is 81.3 Å². The van der Waals surface area contributed by atoms with Crippen molar-refractivity contribution in [3.63, 3.8) is 0 Å². The number of hydrogen-bond acceptors (Lipinski definition) is 9. The van der Waals surface area contributed by atoms with Crippen LogP contribution in [-0.2, 0) is 27.3 Å². The highest BCUT2D eigenvalue weighted by Crippen LogP contribution is 2.54. The lowest BCUT2D eigenvalue weighted by atomic mass is 9.57. The number of phenols is 1. The molecule has 11 heteroatoms. The van der Waals surface area contributed by atoms with Crippen LogP contribution < -0.4 is 5.73 Å². The van der Waals surface area contributed by atoms with Gasteiger partial charge >= 0.3 is 0 Å². The average molecular weight is 602 g/mol. The fraction of sp³-hybridized carbons (Fsp3) is 0.581. The van der Waals surface area contributed by atoms with Gasteiger partial charge in [0.1, 0.15) is 22.8 Å². The summed E-state index contributed by atoms with van der Waals surface area (Å²) in [5.41, 5.74) is 3.19. The largest absolute Gasteiger partial charge is 0.508 e. The first kappa shape index (κ1) is 30.5. The molecule has 5 rings (SSSR count). The third-order valence-electron chi connectivity index (χ3n) is 10.3. The smallest absolute Gasteiger partial charge is 0.255 e. The fourth-order valence-corrected chi connectivity index (χ4v) is 8.04. The van der Waals surface area contributed by atoms with Crippen LogP contribution in [0.4, 0.5) is 0 Å². The highest BCUT2D eigenvalue weighted by Gasteiger charge is 2.64. The number of fused-ring (bicyclic) bond motifs is 3. The Kier molecular flexibility index (Phi) is 7.75. The maximum Gasteiger partial charge on any atom is 0.255 e. The van der Waals surface area contributed by atoms with E-state index in [0.29, 0.717) is 28.1 Å². The second-order valence-corrected chi connectivity index (χ2v) is 13.1. The van der Waals surface area contributed by atoms with Gasteiger partial charge in [0.25, 0.3) is 5.91 Å². The first-order valence-corrected chi connectivity index (χ1v) is 15.0. The van der Waals surface area contributed by atoms with Gasteiger partial charge in [0.05, 0.1) is 11.6 Å². The summed E-state index contributed by atoms with van der Waals surface area (Å²) in [4.78, 5) is 43.2. The molecule has 0 radical (unpaired) electrons. The Hall–Kier alpha value is -2.92. The molecule has 0 aromatic heterocycles. The molecule has 4 atom stereocenters. The van der Waals surface area contributed by atoms with E-state index >= 15 is 0 Å². The number of carbonyl (C=O) groups is 3. The lowest BCUT2D eigenvalue weighted by molar-refractivity contribution is -0.153. The van der Waals surface area contributed by atoms with Gasteiger partial charge in [-0.15, -0.1) is 0 Å². The van der Waals surface area contributed by atoms with Gasteiger partial charge in [-0.2, -0.15) is 0 Å². The van der Waals surface area contributed by atoms with Crippen molar-refractivity contribution in [1.29, 1.82) is 0 Å². The zero-order valence-corrected chi connectivity index (χ0v) is 25.3. The first-order valence-electron chi connectivity index (χ1n) is 14.6. The molecular formula is C31H40ClN3O7. The third-order valence-corrected chi connectivity index (χ3v) is 10.8. The van der Waals surface area contributed by atoms with E-state index in [1.165, 1.54) is 30.2 Å². The normalized spacial score (nSPS) is 28.5. The number of carbonyl (C=O) groups excluding carboxylic acids is 3. The number of aromatic hydroxyl groups is 1. The lowest BCUT2D eigenvalue weighted by Crippen LogP contribution is -2.65. The zero-order valence-electron chi connectivity index (χ0n) is 24.5. The number of amides is 1. The number of phenolic OH excluding ortho intramolecular Hbond substituents is 1. The zero-order chi connectivity index (χ0) is 30.9. The topological polar surface area (TPSA) is 165 Å². The molecular weight excluding hydrogens is 562 g/mol. The molecule has 0 unspecified atom stereocenters. The number of primary amides is 1. The Balaban J connectivity index is 1.58. The van der Waals surface area contributed by atoms with Gasteiger partial charge in [-0.3, -0.25) is 24.2 Å². The molecule has 10 nitrogen and oxygen atoms in total. The lowest BCUT2D eigenvalue weighted by Gasteiger charge is -2.50. The summed E-state index contributed by atoms with van der Waals surface area (Å²) in [5, 5.41) is 45.6. The number of halogens is 1. The molecule has 1 aromatic carbocycles. The molecule has 1 aromatic rings. The van der Waals surface area contributed by atoms with Crippen LogP contribution in [-0.4, -0.2) is 86.5 Å². The average Bonchev–Trinajstić information content (AvgIpc) is 2.89. The minimum atomic E-state index is -2.66. The van der Waals surface area contributed by atoms with Crippen molar-refractivity contribution in [3.05, 3.63) is 44.7 Å². The van der Waals surface area contributed by atoms with Gasteiger partial charge in [0.15, 0.2) is 11.4 Å². The van der Waals surface area contributed by atoms with E-state index in [9.17, 15) is 34.8 Å². The van der Waals surface area contributed by atoms with E-state index in [-0.39, 0.29) is 29.7 Å². The molecule has 4 aliphatic rings. The highest BCUT2D eigenvalue weighted by atomic mass is 35.5. The molecule has 4 aliphatic carbocycles. The van der Waals surface area contributed by atoms with Crippen molar-refractivity contribution in [2.45, 2.75) is 70.6 Å². The van der Waals surface area contributed by atoms with Gasteiger partial charge in [0, 0.05) is 29.6 Å². The molecule has 0 heterocycles. The van der Waals surface area contributed by atoms with Crippen LogP contribution in [0.5, 0.6) is 5.75 Å². The molecule has 0 aliphatic heterocycles. The van der Waals surface area contributed by atoms with Gasteiger partial charge in [0.2, 0.25) is 5.78 Å². The highest BCUT2D eigenvalue weighted by molar-refractivity contribution is 6.32. The van der Waals surface area contributed by atoms with E-state index in [1.54, 1.807) is 14.1 Å². The van der Waals surface area contributed by atoms with Crippen molar-refractivity contribution >= 4 is 34.8 Å². The molecule has 0 saturated heterocycles. The van der Waals surface area contributed by atoms with Crippen molar-refractivity contribution in [2.24, 2.45) is 23.0 Å². The Labute approximate surface area is 250 Å². The standard InChI is InChI=1S/C31H40ClN3O7/c1-5-30(8-7-9-30)14-35(6-2)13-16-12-19(36)21-17(23(16)32)10-15-11-18-24(34(3)4)26(38)22(29(33)41)28(40)31(18,42)27(39)20(15)25(21)37/h12,15,18,24,36-37,40,42H,5-11,13-14H2,1-4H3,(H2,33,41)/t15-,18-,24-,31-/m0/s1. The monoisotopic (exact) mass is 601 g/mol. The minimum Gasteiger partial charge on any atom is -0.508 e. The molecule has 0 spiro atoms. The van der Waals surface area contributed by atoms with Gasteiger partial charge < -0.3 is 26.2 Å². The Morgan fingerprint density at radius 3 is 2.36 bits per heavy atom. The number of likely N-dealkylation sites (N-methyl/N-ethyl adjacent to an activating group) is 1.